The Bertz CT molecular complexity index is 202. The van der Waals surface area contributed by atoms with Gasteiger partial charge in [0.1, 0.15) is 5.60 Å². The lowest BCUT2D eigenvalue weighted by molar-refractivity contribution is -0.151. The van der Waals surface area contributed by atoms with Gasteiger partial charge in [-0.15, -0.1) is 0 Å². The molecule has 0 bridgehead atoms. The van der Waals surface area contributed by atoms with Crippen molar-refractivity contribution in [1.82, 2.24) is 0 Å². The van der Waals surface area contributed by atoms with Crippen molar-refractivity contribution in [3.8, 4) is 0 Å². The standard InChI is InChI=1S/C6H12O2.C4H4O/c1-5(7)8-6(2,3)4;1-2-4-5-3-1/h1-4H3;1-4H. The minimum absolute atomic E-state index is 0.225. The molecular weight excluding hydrogens is 168 g/mol. The first-order chi connectivity index (χ1) is 5.92. The molecule has 0 fully saturated rings. The molecule has 0 atom stereocenters. The summed E-state index contributed by atoms with van der Waals surface area (Å²) in [7, 11) is 0. The molecule has 1 rings (SSSR count). The maximum absolute atomic E-state index is 10.2. The van der Waals surface area contributed by atoms with Crippen LogP contribution in [-0.2, 0) is 9.53 Å². The van der Waals surface area contributed by atoms with Crippen LogP contribution in [0, 0.1) is 0 Å². The predicted octanol–water partition coefficient (Wildman–Crippen LogP) is 2.63. The van der Waals surface area contributed by atoms with E-state index in [9.17, 15) is 4.79 Å². The summed E-state index contributed by atoms with van der Waals surface area (Å²) in [6, 6.07) is 3.67. The van der Waals surface area contributed by atoms with Crippen molar-refractivity contribution >= 4 is 5.97 Å². The third-order valence-electron chi connectivity index (χ3n) is 0.875. The normalized spacial score (nSPS) is 9.85. The van der Waals surface area contributed by atoms with Crippen LogP contribution in [0.4, 0.5) is 0 Å². The van der Waals surface area contributed by atoms with E-state index >= 15 is 0 Å². The van der Waals surface area contributed by atoms with E-state index in [0.717, 1.165) is 0 Å². The predicted molar refractivity (Wildman–Crippen MR) is 50.2 cm³/mol. The summed E-state index contributed by atoms with van der Waals surface area (Å²) in [6.07, 6.45) is 3.25. The van der Waals surface area contributed by atoms with E-state index in [1.807, 2.05) is 32.9 Å². The van der Waals surface area contributed by atoms with Gasteiger partial charge in [-0.05, 0) is 32.9 Å². The molecule has 0 unspecified atom stereocenters. The fourth-order valence-electron chi connectivity index (χ4n) is 0.658. The number of ether oxygens (including phenoxy) is 1. The van der Waals surface area contributed by atoms with Gasteiger partial charge in [-0.25, -0.2) is 0 Å². The molecule has 1 heterocycles. The summed E-state index contributed by atoms with van der Waals surface area (Å²) in [6.45, 7) is 6.93. The van der Waals surface area contributed by atoms with Crippen LogP contribution in [0.2, 0.25) is 0 Å². The Morgan fingerprint density at radius 1 is 1.23 bits per heavy atom. The van der Waals surface area contributed by atoms with Gasteiger partial charge in [-0.3, -0.25) is 4.79 Å². The van der Waals surface area contributed by atoms with Crippen molar-refractivity contribution in [1.29, 1.82) is 0 Å². The zero-order valence-corrected chi connectivity index (χ0v) is 8.53. The average Bonchev–Trinajstić information content (AvgIpc) is 2.33. The molecule has 3 heteroatoms. The molecule has 0 saturated heterocycles. The molecule has 74 valence electrons. The molecule has 0 aliphatic heterocycles. The van der Waals surface area contributed by atoms with E-state index in [4.69, 9.17) is 4.74 Å². The molecule has 1 aromatic heterocycles. The van der Waals surface area contributed by atoms with E-state index in [0.29, 0.717) is 0 Å². The highest BCUT2D eigenvalue weighted by Crippen LogP contribution is 2.05. The Hall–Kier alpha value is -1.25. The average molecular weight is 184 g/mol. The minimum Gasteiger partial charge on any atom is -0.473 e. The van der Waals surface area contributed by atoms with Gasteiger partial charge < -0.3 is 9.15 Å². The van der Waals surface area contributed by atoms with Crippen LogP contribution in [0.1, 0.15) is 27.7 Å². The summed E-state index contributed by atoms with van der Waals surface area (Å²) in [5.41, 5.74) is -0.328. The van der Waals surface area contributed by atoms with Gasteiger partial charge in [0.05, 0.1) is 12.5 Å². The maximum atomic E-state index is 10.2. The third-order valence-corrected chi connectivity index (χ3v) is 0.875. The first-order valence-corrected chi connectivity index (χ1v) is 4.08. The van der Waals surface area contributed by atoms with Gasteiger partial charge in [-0.1, -0.05) is 0 Å². The fraction of sp³-hybridized carbons (Fsp3) is 0.500. The molecule has 0 aliphatic carbocycles. The van der Waals surface area contributed by atoms with Crippen LogP contribution in [0.25, 0.3) is 0 Å². The number of furan rings is 1. The largest absolute Gasteiger partial charge is 0.473 e. The number of esters is 1. The van der Waals surface area contributed by atoms with Crippen LogP contribution in [-0.4, -0.2) is 11.6 Å². The van der Waals surface area contributed by atoms with Crippen LogP contribution < -0.4 is 0 Å². The van der Waals surface area contributed by atoms with E-state index in [1.165, 1.54) is 6.92 Å². The minimum atomic E-state index is -0.328. The molecule has 0 spiro atoms. The topological polar surface area (TPSA) is 39.4 Å². The third kappa shape index (κ3) is 10.8. The molecule has 0 N–H and O–H groups in total. The lowest BCUT2D eigenvalue weighted by Gasteiger charge is -2.17. The van der Waals surface area contributed by atoms with E-state index in [1.54, 1.807) is 12.5 Å². The highest BCUT2D eigenvalue weighted by Gasteiger charge is 2.11. The van der Waals surface area contributed by atoms with E-state index in [-0.39, 0.29) is 11.6 Å². The molecule has 0 aromatic carbocycles. The smallest absolute Gasteiger partial charge is 0.303 e. The highest BCUT2D eigenvalue weighted by atomic mass is 16.6. The van der Waals surface area contributed by atoms with Gasteiger partial charge in [0, 0.05) is 6.92 Å². The molecule has 0 radical (unpaired) electrons. The van der Waals surface area contributed by atoms with Crippen molar-refractivity contribution in [3.05, 3.63) is 24.7 Å². The monoisotopic (exact) mass is 184 g/mol. The lowest BCUT2D eigenvalue weighted by Crippen LogP contribution is -2.21. The van der Waals surface area contributed by atoms with E-state index < -0.39 is 0 Å². The zero-order valence-electron chi connectivity index (χ0n) is 8.53. The quantitative estimate of drug-likeness (QED) is 0.582. The number of hydrogen-bond acceptors (Lipinski definition) is 3. The fourth-order valence-corrected chi connectivity index (χ4v) is 0.658. The molecule has 0 amide bonds. The second-order valence-electron chi connectivity index (χ2n) is 3.50. The lowest BCUT2D eigenvalue weighted by atomic mass is 10.2. The number of rotatable bonds is 0. The second kappa shape index (κ2) is 5.41. The Morgan fingerprint density at radius 3 is 1.77 bits per heavy atom. The summed E-state index contributed by atoms with van der Waals surface area (Å²) >= 11 is 0. The summed E-state index contributed by atoms with van der Waals surface area (Å²) < 4.78 is 9.38. The van der Waals surface area contributed by atoms with Crippen LogP contribution >= 0.6 is 0 Å². The Balaban J connectivity index is 0.000000243. The Kier molecular flexibility index (Phi) is 4.89. The van der Waals surface area contributed by atoms with Gasteiger partial charge in [0.2, 0.25) is 0 Å². The van der Waals surface area contributed by atoms with E-state index in [2.05, 4.69) is 4.42 Å². The first kappa shape index (κ1) is 11.8. The highest BCUT2D eigenvalue weighted by molar-refractivity contribution is 5.66. The van der Waals surface area contributed by atoms with Gasteiger partial charge in [0.15, 0.2) is 0 Å². The molecular formula is C10H16O3. The first-order valence-electron chi connectivity index (χ1n) is 4.08. The Morgan fingerprint density at radius 2 is 1.69 bits per heavy atom. The van der Waals surface area contributed by atoms with Crippen LogP contribution in [0.15, 0.2) is 29.1 Å². The zero-order chi connectivity index (χ0) is 10.3. The number of carbonyl (C=O) groups excluding carboxylic acids is 1. The van der Waals surface area contributed by atoms with Crippen molar-refractivity contribution in [2.45, 2.75) is 33.3 Å². The Labute approximate surface area is 78.7 Å². The number of hydrogen-bond donors (Lipinski definition) is 0. The number of carbonyl (C=O) groups is 1. The molecule has 1 aromatic rings. The van der Waals surface area contributed by atoms with Crippen molar-refractivity contribution < 1.29 is 13.9 Å². The summed E-state index contributed by atoms with van der Waals surface area (Å²) in [5, 5.41) is 0. The SMILES string of the molecule is CC(=O)OC(C)(C)C.c1ccoc1. The van der Waals surface area contributed by atoms with Crippen molar-refractivity contribution in [2.75, 3.05) is 0 Å². The van der Waals surface area contributed by atoms with Gasteiger partial charge >= 0.3 is 5.97 Å². The molecule has 0 saturated carbocycles. The van der Waals surface area contributed by atoms with Crippen molar-refractivity contribution in [2.24, 2.45) is 0 Å². The second-order valence-corrected chi connectivity index (χ2v) is 3.50. The summed E-state index contributed by atoms with van der Waals surface area (Å²) in [5.74, 6) is -0.225. The van der Waals surface area contributed by atoms with Crippen LogP contribution in [0.3, 0.4) is 0 Å². The molecule has 13 heavy (non-hydrogen) atoms. The molecule has 0 aliphatic rings. The summed E-state index contributed by atoms with van der Waals surface area (Å²) in [4.78, 5) is 10.2. The van der Waals surface area contributed by atoms with Crippen molar-refractivity contribution in [3.63, 3.8) is 0 Å². The van der Waals surface area contributed by atoms with Crippen LogP contribution in [0.5, 0.6) is 0 Å². The van der Waals surface area contributed by atoms with Gasteiger partial charge in [0.25, 0.3) is 0 Å². The van der Waals surface area contributed by atoms with Gasteiger partial charge in [-0.2, -0.15) is 0 Å². The molecule has 3 nitrogen and oxygen atoms in total. The maximum Gasteiger partial charge on any atom is 0.303 e.